The Kier molecular flexibility index (Phi) is 8.30. The smallest absolute Gasteiger partial charge is 0.422 e. The molecule has 0 aromatic heterocycles. The molecule has 0 aliphatic rings. The van der Waals surface area contributed by atoms with Crippen LogP contribution in [0.25, 0.3) is 0 Å². The predicted molar refractivity (Wildman–Crippen MR) is 59.2 cm³/mol. The molecule has 0 unspecified atom stereocenters. The van der Waals surface area contributed by atoms with Crippen LogP contribution in [-0.4, -0.2) is 29.2 Å². The molecular weight excluding hydrogens is 236 g/mol. The topological polar surface area (TPSA) is 89.1 Å². The molecule has 0 saturated heterocycles. The Morgan fingerprint density at radius 1 is 1.44 bits per heavy atom. The van der Waals surface area contributed by atoms with Crippen LogP contribution in [0.5, 0.6) is 0 Å². The lowest BCUT2D eigenvalue weighted by atomic mass is 10.2. The Morgan fingerprint density at radius 3 is 2.69 bits per heavy atom. The van der Waals surface area contributed by atoms with Crippen LogP contribution in [0.1, 0.15) is 27.2 Å². The number of hydrogen-bond donors (Lipinski definition) is 3. The lowest BCUT2D eigenvalue weighted by Crippen LogP contribution is -2.41. The molecule has 0 radical (unpaired) electrons. The van der Waals surface area contributed by atoms with Crippen LogP contribution in [-0.2, 0) is 14.1 Å². The summed E-state index contributed by atoms with van der Waals surface area (Å²) >= 11 is 0.966. The molecule has 0 aliphatic heterocycles. The molecule has 7 nitrogen and oxygen atoms in total. The predicted octanol–water partition coefficient (Wildman–Crippen LogP) is 1.48. The molecule has 0 aromatic rings. The average Bonchev–Trinajstić information content (AvgIpc) is 2.13. The molecule has 0 heterocycles. The fraction of sp³-hybridized carbons (Fsp3) is 0.875. The summed E-state index contributed by atoms with van der Waals surface area (Å²) in [5.74, 6) is 0.615. The standard InChI is InChI=1S/C8H18N2O5S/c1-8(2,3)13-7(11)10-9-5-4-6-16-15-14-12/h9,12H,4-6H2,1-3H3,(H,10,11). The summed E-state index contributed by atoms with van der Waals surface area (Å²) in [7, 11) is 0. The summed E-state index contributed by atoms with van der Waals surface area (Å²) in [5.41, 5.74) is 4.57. The molecule has 0 spiro atoms. The third-order valence-corrected chi connectivity index (χ3v) is 1.81. The highest BCUT2D eigenvalue weighted by atomic mass is 32.2. The Bertz CT molecular complexity index is 197. The minimum absolute atomic E-state index is 0.506. The molecule has 8 heteroatoms. The number of carbonyl (C=O) groups excluding carboxylic acids is 1. The SMILES string of the molecule is CC(C)(C)OC(=O)NNCCCSOOO. The van der Waals surface area contributed by atoms with Crippen molar-refractivity contribution in [3.8, 4) is 0 Å². The molecule has 96 valence electrons. The number of nitrogens with one attached hydrogen (secondary N) is 2. The monoisotopic (exact) mass is 254 g/mol. The Balaban J connectivity index is 3.28. The largest absolute Gasteiger partial charge is 0.443 e. The van der Waals surface area contributed by atoms with Crippen molar-refractivity contribution in [2.45, 2.75) is 32.8 Å². The highest BCUT2D eigenvalue weighted by Crippen LogP contribution is 2.06. The van der Waals surface area contributed by atoms with E-state index in [1.165, 1.54) is 0 Å². The zero-order chi connectivity index (χ0) is 12.4. The number of hydrogen-bond acceptors (Lipinski definition) is 7. The molecule has 0 rings (SSSR count). The zero-order valence-corrected chi connectivity index (χ0v) is 10.4. The summed E-state index contributed by atoms with van der Waals surface area (Å²) in [5, 5.41) is 11.2. The van der Waals surface area contributed by atoms with Gasteiger partial charge in [0.05, 0.1) is 0 Å². The maximum absolute atomic E-state index is 11.1. The maximum atomic E-state index is 11.1. The van der Waals surface area contributed by atoms with Gasteiger partial charge in [0.25, 0.3) is 0 Å². The summed E-state index contributed by atoms with van der Waals surface area (Å²) in [4.78, 5) is 11.1. The molecule has 0 atom stereocenters. The van der Waals surface area contributed by atoms with E-state index in [2.05, 4.69) is 20.2 Å². The van der Waals surface area contributed by atoms with E-state index in [0.717, 1.165) is 18.5 Å². The van der Waals surface area contributed by atoms with Crippen LogP contribution in [0.2, 0.25) is 0 Å². The van der Waals surface area contributed by atoms with E-state index in [1.807, 2.05) is 0 Å². The van der Waals surface area contributed by atoms with E-state index in [1.54, 1.807) is 20.8 Å². The third-order valence-electron chi connectivity index (χ3n) is 1.20. The van der Waals surface area contributed by atoms with E-state index in [0.29, 0.717) is 12.3 Å². The molecule has 0 saturated carbocycles. The first-order valence-electron chi connectivity index (χ1n) is 4.77. The van der Waals surface area contributed by atoms with Crippen molar-refractivity contribution in [1.29, 1.82) is 0 Å². The minimum Gasteiger partial charge on any atom is -0.443 e. The fourth-order valence-corrected chi connectivity index (χ4v) is 1.09. The van der Waals surface area contributed by atoms with Gasteiger partial charge >= 0.3 is 6.09 Å². The average molecular weight is 254 g/mol. The van der Waals surface area contributed by atoms with Gasteiger partial charge in [0.1, 0.15) is 5.60 Å². The van der Waals surface area contributed by atoms with Crippen LogP contribution < -0.4 is 10.9 Å². The first-order valence-corrected chi connectivity index (χ1v) is 5.68. The number of hydrazine groups is 1. The highest BCUT2D eigenvalue weighted by Gasteiger charge is 2.15. The summed E-state index contributed by atoms with van der Waals surface area (Å²) in [6.07, 6.45) is 0.208. The van der Waals surface area contributed by atoms with Crippen LogP contribution in [0, 0.1) is 0 Å². The first-order chi connectivity index (χ1) is 7.45. The highest BCUT2D eigenvalue weighted by molar-refractivity contribution is 7.94. The summed E-state index contributed by atoms with van der Waals surface area (Å²) < 4.78 is 9.15. The van der Waals surface area contributed by atoms with Gasteiger partial charge in [0.2, 0.25) is 0 Å². The van der Waals surface area contributed by atoms with E-state index in [9.17, 15) is 4.79 Å². The van der Waals surface area contributed by atoms with Crippen molar-refractivity contribution in [2.75, 3.05) is 12.3 Å². The van der Waals surface area contributed by atoms with E-state index in [-0.39, 0.29) is 0 Å². The second-order valence-electron chi connectivity index (χ2n) is 3.87. The van der Waals surface area contributed by atoms with Crippen molar-refractivity contribution in [3.05, 3.63) is 0 Å². The number of rotatable bonds is 7. The quantitative estimate of drug-likeness (QED) is 0.274. The second kappa shape index (κ2) is 8.59. The van der Waals surface area contributed by atoms with E-state index in [4.69, 9.17) is 9.99 Å². The van der Waals surface area contributed by atoms with E-state index >= 15 is 0 Å². The van der Waals surface area contributed by atoms with Crippen molar-refractivity contribution in [1.82, 2.24) is 10.9 Å². The second-order valence-corrected chi connectivity index (χ2v) is 4.65. The lowest BCUT2D eigenvalue weighted by molar-refractivity contribution is -0.432. The molecular formula is C8H18N2O5S. The molecule has 0 aliphatic carbocycles. The molecule has 16 heavy (non-hydrogen) atoms. The van der Waals surface area contributed by atoms with Crippen LogP contribution in [0.3, 0.4) is 0 Å². The van der Waals surface area contributed by atoms with Gasteiger partial charge in [-0.05, 0) is 27.2 Å². The number of ether oxygens (including phenoxy) is 1. The normalized spacial score (nSPS) is 11.2. The molecule has 0 fully saturated rings. The van der Waals surface area contributed by atoms with Gasteiger partial charge < -0.3 is 4.74 Å². The van der Waals surface area contributed by atoms with Gasteiger partial charge in [-0.2, -0.15) is 0 Å². The van der Waals surface area contributed by atoms with Crippen molar-refractivity contribution >= 4 is 18.1 Å². The van der Waals surface area contributed by atoms with Gasteiger partial charge in [0.15, 0.2) is 0 Å². The molecule has 3 N–H and O–H groups in total. The summed E-state index contributed by atoms with van der Waals surface area (Å²) in [6.45, 7) is 5.92. The lowest BCUT2D eigenvalue weighted by Gasteiger charge is -2.19. The van der Waals surface area contributed by atoms with Crippen molar-refractivity contribution < 1.29 is 24.2 Å². The molecule has 0 bridgehead atoms. The van der Waals surface area contributed by atoms with Gasteiger partial charge in [-0.25, -0.2) is 15.5 Å². The minimum atomic E-state index is -0.518. The van der Waals surface area contributed by atoms with Crippen LogP contribution >= 0.6 is 12.0 Å². The number of amides is 1. The summed E-state index contributed by atoms with van der Waals surface area (Å²) in [6, 6.07) is 0. The fourth-order valence-electron chi connectivity index (χ4n) is 0.713. The Morgan fingerprint density at radius 2 is 2.12 bits per heavy atom. The van der Waals surface area contributed by atoms with Crippen LogP contribution in [0.15, 0.2) is 0 Å². The van der Waals surface area contributed by atoms with Crippen LogP contribution in [0.4, 0.5) is 4.79 Å². The van der Waals surface area contributed by atoms with Gasteiger partial charge in [-0.1, -0.05) is 5.04 Å². The van der Waals surface area contributed by atoms with Gasteiger partial charge in [-0.3, -0.25) is 5.43 Å². The van der Waals surface area contributed by atoms with Crippen molar-refractivity contribution in [2.24, 2.45) is 0 Å². The Labute approximate surface area is 98.9 Å². The maximum Gasteiger partial charge on any atom is 0.422 e. The first kappa shape index (κ1) is 15.5. The van der Waals surface area contributed by atoms with Crippen molar-refractivity contribution in [3.63, 3.8) is 0 Å². The number of carbonyl (C=O) groups is 1. The molecule has 1 amide bonds. The molecule has 0 aromatic carbocycles. The third kappa shape index (κ3) is 11.5. The zero-order valence-electron chi connectivity index (χ0n) is 9.61. The van der Waals surface area contributed by atoms with E-state index < -0.39 is 11.7 Å². The Hall–Kier alpha value is -0.540. The van der Waals surface area contributed by atoms with Gasteiger partial charge in [0, 0.05) is 24.3 Å². The van der Waals surface area contributed by atoms with Gasteiger partial charge in [-0.15, -0.1) is 4.33 Å².